The normalized spacial score (nSPS) is 24.0. The summed E-state index contributed by atoms with van der Waals surface area (Å²) in [5, 5.41) is 3.56. The van der Waals surface area contributed by atoms with E-state index in [2.05, 4.69) is 19.2 Å². The van der Waals surface area contributed by atoms with Gasteiger partial charge in [-0.2, -0.15) is 0 Å². The minimum absolute atomic E-state index is 0.489. The first-order chi connectivity index (χ1) is 6.83. The smallest absolute Gasteiger partial charge is 0.0700 e. The van der Waals surface area contributed by atoms with Gasteiger partial charge in [-0.1, -0.05) is 26.2 Å². The van der Waals surface area contributed by atoms with E-state index in [0.717, 1.165) is 13.2 Å². The molecule has 1 saturated heterocycles. The zero-order chi connectivity index (χ0) is 10.2. The summed E-state index contributed by atoms with van der Waals surface area (Å²) >= 11 is 0. The first-order valence-corrected chi connectivity index (χ1v) is 6.18. The van der Waals surface area contributed by atoms with Crippen LogP contribution in [0, 0.1) is 0 Å². The fraction of sp³-hybridized carbons (Fsp3) is 1.00. The molecule has 0 aromatic rings. The van der Waals surface area contributed by atoms with Crippen LogP contribution in [0.1, 0.15) is 52.4 Å². The van der Waals surface area contributed by atoms with Gasteiger partial charge in [0.05, 0.1) is 6.10 Å². The summed E-state index contributed by atoms with van der Waals surface area (Å²) in [4.78, 5) is 0. The highest BCUT2D eigenvalue weighted by Gasteiger charge is 2.15. The Bertz CT molecular complexity index is 132. The molecule has 0 amide bonds. The Morgan fingerprint density at radius 3 is 2.93 bits per heavy atom. The molecule has 0 aromatic heterocycles. The van der Waals surface area contributed by atoms with Gasteiger partial charge in [-0.15, -0.1) is 0 Å². The summed E-state index contributed by atoms with van der Waals surface area (Å²) in [6.45, 7) is 6.55. The van der Waals surface area contributed by atoms with Crippen LogP contribution in [-0.2, 0) is 4.74 Å². The fourth-order valence-corrected chi connectivity index (χ4v) is 1.94. The van der Waals surface area contributed by atoms with Crippen LogP contribution < -0.4 is 5.32 Å². The average Bonchev–Trinajstić information content (AvgIpc) is 2.68. The maximum absolute atomic E-state index is 5.57. The van der Waals surface area contributed by atoms with E-state index in [9.17, 15) is 0 Å². The van der Waals surface area contributed by atoms with Crippen molar-refractivity contribution < 1.29 is 4.74 Å². The van der Waals surface area contributed by atoms with Crippen LogP contribution in [0.4, 0.5) is 0 Å². The van der Waals surface area contributed by atoms with Crippen LogP contribution >= 0.6 is 0 Å². The van der Waals surface area contributed by atoms with Gasteiger partial charge in [0.25, 0.3) is 0 Å². The molecule has 2 heteroatoms. The standard InChI is InChI=1S/C12H25NO/c1-3-4-5-7-11(2)13-10-12-8-6-9-14-12/h11-13H,3-10H2,1-2H3/t11-,12-/m1/s1. The van der Waals surface area contributed by atoms with Crippen molar-refractivity contribution in [1.29, 1.82) is 0 Å². The molecule has 0 radical (unpaired) electrons. The molecule has 0 bridgehead atoms. The molecule has 0 unspecified atom stereocenters. The molecule has 1 N–H and O–H groups in total. The van der Waals surface area contributed by atoms with Gasteiger partial charge in [0.1, 0.15) is 0 Å². The van der Waals surface area contributed by atoms with Crippen molar-refractivity contribution in [3.63, 3.8) is 0 Å². The van der Waals surface area contributed by atoms with E-state index < -0.39 is 0 Å². The Kier molecular flexibility index (Phi) is 6.20. The third kappa shape index (κ3) is 4.97. The van der Waals surface area contributed by atoms with E-state index in [0.29, 0.717) is 12.1 Å². The summed E-state index contributed by atoms with van der Waals surface area (Å²) in [7, 11) is 0. The summed E-state index contributed by atoms with van der Waals surface area (Å²) in [6.07, 6.45) is 8.33. The minimum Gasteiger partial charge on any atom is -0.377 e. The average molecular weight is 199 g/mol. The lowest BCUT2D eigenvalue weighted by Crippen LogP contribution is -2.33. The number of nitrogens with one attached hydrogen (secondary N) is 1. The topological polar surface area (TPSA) is 21.3 Å². The van der Waals surface area contributed by atoms with Crippen LogP contribution in [0.5, 0.6) is 0 Å². The van der Waals surface area contributed by atoms with Crippen LogP contribution in [0.15, 0.2) is 0 Å². The lowest BCUT2D eigenvalue weighted by Gasteiger charge is -2.16. The second-order valence-electron chi connectivity index (χ2n) is 4.44. The molecular weight excluding hydrogens is 174 g/mol. The van der Waals surface area contributed by atoms with E-state index >= 15 is 0 Å². The third-order valence-electron chi connectivity index (χ3n) is 2.96. The zero-order valence-electron chi connectivity index (χ0n) is 9.72. The highest BCUT2D eigenvalue weighted by Crippen LogP contribution is 2.11. The molecule has 0 saturated carbocycles. The summed E-state index contributed by atoms with van der Waals surface area (Å²) in [6, 6.07) is 0.658. The molecule has 0 spiro atoms. The van der Waals surface area contributed by atoms with E-state index in [1.165, 1.54) is 38.5 Å². The quantitative estimate of drug-likeness (QED) is 0.637. The van der Waals surface area contributed by atoms with Crippen LogP contribution in [0.25, 0.3) is 0 Å². The summed E-state index contributed by atoms with van der Waals surface area (Å²) in [5.74, 6) is 0. The maximum atomic E-state index is 5.57. The highest BCUT2D eigenvalue weighted by molar-refractivity contribution is 4.70. The van der Waals surface area contributed by atoms with Crippen molar-refractivity contribution in [2.75, 3.05) is 13.2 Å². The van der Waals surface area contributed by atoms with Gasteiger partial charge in [-0.05, 0) is 26.2 Å². The fourth-order valence-electron chi connectivity index (χ4n) is 1.94. The Morgan fingerprint density at radius 2 is 2.29 bits per heavy atom. The Morgan fingerprint density at radius 1 is 1.43 bits per heavy atom. The monoisotopic (exact) mass is 199 g/mol. The van der Waals surface area contributed by atoms with E-state index in [4.69, 9.17) is 4.74 Å². The number of hydrogen-bond donors (Lipinski definition) is 1. The first-order valence-electron chi connectivity index (χ1n) is 6.18. The lowest BCUT2D eigenvalue weighted by molar-refractivity contribution is 0.107. The van der Waals surface area contributed by atoms with Gasteiger partial charge in [0, 0.05) is 19.2 Å². The molecular formula is C12H25NO. The Balaban J connectivity index is 1.93. The van der Waals surface area contributed by atoms with Crippen molar-refractivity contribution in [2.45, 2.75) is 64.5 Å². The SMILES string of the molecule is CCCCC[C@@H](C)NC[C@H]1CCCO1. The van der Waals surface area contributed by atoms with E-state index in [-0.39, 0.29) is 0 Å². The second-order valence-corrected chi connectivity index (χ2v) is 4.44. The largest absolute Gasteiger partial charge is 0.377 e. The van der Waals surface area contributed by atoms with Crippen LogP contribution in [0.3, 0.4) is 0 Å². The number of ether oxygens (including phenoxy) is 1. The molecule has 2 nitrogen and oxygen atoms in total. The number of rotatable bonds is 7. The van der Waals surface area contributed by atoms with Gasteiger partial charge in [-0.3, -0.25) is 0 Å². The van der Waals surface area contributed by atoms with Crippen molar-refractivity contribution in [1.82, 2.24) is 5.32 Å². The maximum Gasteiger partial charge on any atom is 0.0700 e. The van der Waals surface area contributed by atoms with E-state index in [1.54, 1.807) is 0 Å². The summed E-state index contributed by atoms with van der Waals surface area (Å²) < 4.78 is 5.57. The third-order valence-corrected chi connectivity index (χ3v) is 2.96. The lowest BCUT2D eigenvalue weighted by atomic mass is 10.1. The van der Waals surface area contributed by atoms with Gasteiger partial charge >= 0.3 is 0 Å². The van der Waals surface area contributed by atoms with Gasteiger partial charge in [-0.25, -0.2) is 0 Å². The minimum atomic E-state index is 0.489. The molecule has 1 fully saturated rings. The molecule has 1 aliphatic rings. The van der Waals surface area contributed by atoms with Crippen molar-refractivity contribution in [2.24, 2.45) is 0 Å². The number of hydrogen-bond acceptors (Lipinski definition) is 2. The highest BCUT2D eigenvalue weighted by atomic mass is 16.5. The van der Waals surface area contributed by atoms with Crippen molar-refractivity contribution in [3.05, 3.63) is 0 Å². The Labute approximate surface area is 88.4 Å². The molecule has 2 atom stereocenters. The second kappa shape index (κ2) is 7.24. The predicted molar refractivity (Wildman–Crippen MR) is 60.6 cm³/mol. The molecule has 1 rings (SSSR count). The van der Waals surface area contributed by atoms with Gasteiger partial charge in [0.15, 0.2) is 0 Å². The van der Waals surface area contributed by atoms with Gasteiger partial charge < -0.3 is 10.1 Å². The summed E-state index contributed by atoms with van der Waals surface area (Å²) in [5.41, 5.74) is 0. The Hall–Kier alpha value is -0.0800. The molecule has 1 aliphatic heterocycles. The first kappa shape index (κ1) is 12.0. The molecule has 1 heterocycles. The molecule has 84 valence electrons. The molecule has 0 aromatic carbocycles. The van der Waals surface area contributed by atoms with Crippen LogP contribution in [0.2, 0.25) is 0 Å². The number of unbranched alkanes of at least 4 members (excludes halogenated alkanes) is 2. The van der Waals surface area contributed by atoms with Gasteiger partial charge in [0.2, 0.25) is 0 Å². The zero-order valence-corrected chi connectivity index (χ0v) is 9.72. The predicted octanol–water partition coefficient (Wildman–Crippen LogP) is 2.72. The molecule has 0 aliphatic carbocycles. The van der Waals surface area contributed by atoms with Crippen molar-refractivity contribution >= 4 is 0 Å². The van der Waals surface area contributed by atoms with Crippen molar-refractivity contribution in [3.8, 4) is 0 Å². The van der Waals surface area contributed by atoms with E-state index in [1.807, 2.05) is 0 Å². The molecule has 14 heavy (non-hydrogen) atoms. The van der Waals surface area contributed by atoms with Crippen LogP contribution in [-0.4, -0.2) is 25.3 Å².